The van der Waals surface area contributed by atoms with E-state index in [-0.39, 0.29) is 11.9 Å². The molecule has 146 valence electrons. The minimum absolute atomic E-state index is 0.0614. The molecule has 0 saturated carbocycles. The molecule has 0 N–H and O–H groups in total. The van der Waals surface area contributed by atoms with Gasteiger partial charge in [0.05, 0.1) is 6.61 Å². The minimum atomic E-state index is -0.805. The molecule has 0 amide bonds. The average molecular weight is 367 g/mol. The summed E-state index contributed by atoms with van der Waals surface area (Å²) in [5, 5.41) is 0. The summed E-state index contributed by atoms with van der Waals surface area (Å²) in [4.78, 5) is 13.3. The Hall–Kier alpha value is -2.09. The van der Waals surface area contributed by atoms with Crippen LogP contribution in [0.5, 0.6) is 0 Å². The number of rotatable bonds is 7. The van der Waals surface area contributed by atoms with Crippen LogP contribution in [0, 0.1) is 5.92 Å². The van der Waals surface area contributed by atoms with Crippen LogP contribution < -0.4 is 0 Å². The van der Waals surface area contributed by atoms with Gasteiger partial charge in [-0.2, -0.15) is 0 Å². The van der Waals surface area contributed by atoms with Crippen LogP contribution in [0.3, 0.4) is 0 Å². The SMILES string of the molecule is CCOC(=O)C(c1ccc(C(C)C)cc1)(c1ccc(C(C)C)cc1)C(C)C. The van der Waals surface area contributed by atoms with Crippen molar-refractivity contribution in [3.05, 3.63) is 70.8 Å². The molecule has 27 heavy (non-hydrogen) atoms. The van der Waals surface area contributed by atoms with E-state index in [1.54, 1.807) is 0 Å². The van der Waals surface area contributed by atoms with Crippen molar-refractivity contribution in [1.82, 2.24) is 0 Å². The van der Waals surface area contributed by atoms with Crippen LogP contribution in [0.25, 0.3) is 0 Å². The largest absolute Gasteiger partial charge is 0.465 e. The van der Waals surface area contributed by atoms with Gasteiger partial charge in [0.25, 0.3) is 0 Å². The summed E-state index contributed by atoms with van der Waals surface area (Å²) >= 11 is 0. The van der Waals surface area contributed by atoms with Gasteiger partial charge in [-0.1, -0.05) is 90.1 Å². The lowest BCUT2D eigenvalue weighted by Crippen LogP contribution is -2.43. The van der Waals surface area contributed by atoms with Crippen LogP contribution in [-0.2, 0) is 14.9 Å². The van der Waals surface area contributed by atoms with E-state index in [9.17, 15) is 4.79 Å². The van der Waals surface area contributed by atoms with E-state index in [1.165, 1.54) is 11.1 Å². The van der Waals surface area contributed by atoms with Crippen molar-refractivity contribution < 1.29 is 9.53 Å². The standard InChI is InChI=1S/C25H34O2/c1-8-27-24(26)25(19(6)7,22-13-9-20(10-14-22)17(2)3)23-15-11-21(12-16-23)18(4)5/h9-19H,8H2,1-7H3. The number of carbonyl (C=O) groups is 1. The molecule has 0 aromatic heterocycles. The zero-order valence-electron chi connectivity index (χ0n) is 17.9. The molecule has 0 spiro atoms. The Morgan fingerprint density at radius 2 is 1.15 bits per heavy atom. The van der Waals surface area contributed by atoms with Crippen molar-refractivity contribution in [2.75, 3.05) is 6.61 Å². The van der Waals surface area contributed by atoms with Crippen LogP contribution >= 0.6 is 0 Å². The normalized spacial score (nSPS) is 12.1. The smallest absolute Gasteiger partial charge is 0.321 e. The van der Waals surface area contributed by atoms with Crippen molar-refractivity contribution in [2.45, 2.75) is 65.7 Å². The molecule has 0 unspecified atom stereocenters. The number of hydrogen-bond donors (Lipinski definition) is 0. The molecule has 0 aliphatic heterocycles. The Balaban J connectivity index is 2.67. The Bertz CT molecular complexity index is 685. The highest BCUT2D eigenvalue weighted by Crippen LogP contribution is 2.41. The predicted octanol–water partition coefficient (Wildman–Crippen LogP) is 6.44. The van der Waals surface area contributed by atoms with Crippen LogP contribution in [0.15, 0.2) is 48.5 Å². The maximum Gasteiger partial charge on any atom is 0.321 e. The quantitative estimate of drug-likeness (QED) is 0.527. The molecule has 0 radical (unpaired) electrons. The molecule has 2 aromatic rings. The van der Waals surface area contributed by atoms with Crippen LogP contribution in [0.1, 0.15) is 82.6 Å². The Morgan fingerprint density at radius 1 is 0.778 bits per heavy atom. The molecule has 0 fully saturated rings. The minimum Gasteiger partial charge on any atom is -0.465 e. The maximum atomic E-state index is 13.3. The first-order valence-corrected chi connectivity index (χ1v) is 10.1. The van der Waals surface area contributed by atoms with Gasteiger partial charge in [-0.05, 0) is 46.9 Å². The maximum absolute atomic E-state index is 13.3. The third kappa shape index (κ3) is 4.10. The van der Waals surface area contributed by atoms with E-state index in [0.717, 1.165) is 11.1 Å². The van der Waals surface area contributed by atoms with Gasteiger partial charge in [-0.25, -0.2) is 0 Å². The van der Waals surface area contributed by atoms with Gasteiger partial charge in [0.2, 0.25) is 0 Å². The van der Waals surface area contributed by atoms with Crippen LogP contribution in [0.2, 0.25) is 0 Å². The lowest BCUT2D eigenvalue weighted by molar-refractivity contribution is -0.150. The summed E-state index contributed by atoms with van der Waals surface area (Å²) in [6.45, 7) is 15.2. The first-order valence-electron chi connectivity index (χ1n) is 10.1. The van der Waals surface area contributed by atoms with Gasteiger partial charge in [-0.3, -0.25) is 4.79 Å². The number of carbonyl (C=O) groups excluding carboxylic acids is 1. The fourth-order valence-electron chi connectivity index (χ4n) is 3.81. The van der Waals surface area contributed by atoms with Gasteiger partial charge in [-0.15, -0.1) is 0 Å². The molecule has 0 heterocycles. The Labute approximate surface area is 165 Å². The number of ether oxygens (including phenoxy) is 1. The summed E-state index contributed by atoms with van der Waals surface area (Å²) in [5.41, 5.74) is 3.74. The molecule has 2 nitrogen and oxygen atoms in total. The van der Waals surface area contributed by atoms with Crippen molar-refractivity contribution in [1.29, 1.82) is 0 Å². The molecule has 0 atom stereocenters. The summed E-state index contributed by atoms with van der Waals surface area (Å²) in [6.07, 6.45) is 0. The van der Waals surface area contributed by atoms with Crippen molar-refractivity contribution in [3.8, 4) is 0 Å². The molecular weight excluding hydrogens is 332 g/mol. The Kier molecular flexibility index (Phi) is 6.86. The van der Waals surface area contributed by atoms with Crippen molar-refractivity contribution in [3.63, 3.8) is 0 Å². The molecule has 0 aliphatic carbocycles. The van der Waals surface area contributed by atoms with Gasteiger partial charge in [0.1, 0.15) is 5.41 Å². The average Bonchev–Trinajstić information content (AvgIpc) is 2.63. The number of benzene rings is 2. The summed E-state index contributed by atoms with van der Waals surface area (Å²) < 4.78 is 5.59. The summed E-state index contributed by atoms with van der Waals surface area (Å²) in [5.74, 6) is 0.807. The monoisotopic (exact) mass is 366 g/mol. The first kappa shape index (κ1) is 21.2. The second kappa shape index (κ2) is 8.73. The highest BCUT2D eigenvalue weighted by molar-refractivity contribution is 5.88. The highest BCUT2D eigenvalue weighted by atomic mass is 16.5. The van der Waals surface area contributed by atoms with Gasteiger partial charge >= 0.3 is 5.97 Å². The second-order valence-electron chi connectivity index (χ2n) is 8.24. The highest BCUT2D eigenvalue weighted by Gasteiger charge is 2.46. The van der Waals surface area contributed by atoms with Gasteiger partial charge in [0, 0.05) is 0 Å². The Morgan fingerprint density at radius 3 is 1.41 bits per heavy atom. The predicted molar refractivity (Wildman–Crippen MR) is 113 cm³/mol. The first-order chi connectivity index (χ1) is 12.7. The third-order valence-electron chi connectivity index (χ3n) is 5.53. The molecule has 2 rings (SSSR count). The fourth-order valence-corrected chi connectivity index (χ4v) is 3.81. The van der Waals surface area contributed by atoms with Gasteiger partial charge < -0.3 is 4.74 Å². The van der Waals surface area contributed by atoms with Crippen molar-refractivity contribution >= 4 is 5.97 Å². The van der Waals surface area contributed by atoms with Gasteiger partial charge in [0.15, 0.2) is 0 Å². The lowest BCUT2D eigenvalue weighted by atomic mass is 9.66. The lowest BCUT2D eigenvalue weighted by Gasteiger charge is -2.36. The number of hydrogen-bond acceptors (Lipinski definition) is 2. The van der Waals surface area contributed by atoms with E-state index in [4.69, 9.17) is 4.74 Å². The molecule has 0 bridgehead atoms. The second-order valence-corrected chi connectivity index (χ2v) is 8.24. The fraction of sp³-hybridized carbons (Fsp3) is 0.480. The van der Waals surface area contributed by atoms with E-state index in [1.807, 2.05) is 6.92 Å². The molecule has 2 aromatic carbocycles. The molecule has 2 heteroatoms. The number of esters is 1. The topological polar surface area (TPSA) is 26.3 Å². The van der Waals surface area contributed by atoms with Crippen LogP contribution in [0.4, 0.5) is 0 Å². The zero-order chi connectivity index (χ0) is 20.2. The van der Waals surface area contributed by atoms with E-state index < -0.39 is 5.41 Å². The van der Waals surface area contributed by atoms with Crippen molar-refractivity contribution in [2.24, 2.45) is 5.92 Å². The van der Waals surface area contributed by atoms with E-state index in [2.05, 4.69) is 90.1 Å². The summed E-state index contributed by atoms with van der Waals surface area (Å²) in [7, 11) is 0. The zero-order valence-corrected chi connectivity index (χ0v) is 17.9. The molecular formula is C25H34O2. The molecule has 0 saturated heterocycles. The summed E-state index contributed by atoms with van der Waals surface area (Å²) in [6, 6.07) is 17.0. The van der Waals surface area contributed by atoms with E-state index in [0.29, 0.717) is 18.4 Å². The third-order valence-corrected chi connectivity index (χ3v) is 5.53. The van der Waals surface area contributed by atoms with E-state index >= 15 is 0 Å². The molecule has 0 aliphatic rings. The van der Waals surface area contributed by atoms with Crippen LogP contribution in [-0.4, -0.2) is 12.6 Å².